The van der Waals surface area contributed by atoms with Crippen LogP contribution in [0.2, 0.25) is 0 Å². The second-order valence-electron chi connectivity index (χ2n) is 8.88. The minimum absolute atomic E-state index is 0.0523. The predicted octanol–water partition coefficient (Wildman–Crippen LogP) is 0.431. The minimum atomic E-state index is -0.632. The summed E-state index contributed by atoms with van der Waals surface area (Å²) in [5, 5.41) is 16.6. The van der Waals surface area contributed by atoms with Crippen molar-refractivity contribution in [2.45, 2.75) is 46.2 Å². The van der Waals surface area contributed by atoms with E-state index in [0.29, 0.717) is 49.6 Å². The van der Waals surface area contributed by atoms with Gasteiger partial charge in [-0.2, -0.15) is 4.57 Å². The lowest BCUT2D eigenvalue weighted by atomic mass is 10.1. The highest BCUT2D eigenvalue weighted by atomic mass is 16.5. The van der Waals surface area contributed by atoms with E-state index in [1.165, 1.54) is 4.52 Å². The van der Waals surface area contributed by atoms with Crippen molar-refractivity contribution in [1.29, 1.82) is 0 Å². The van der Waals surface area contributed by atoms with Crippen LogP contribution in [0, 0.1) is 5.92 Å². The van der Waals surface area contributed by atoms with Gasteiger partial charge in [0.05, 0.1) is 31.5 Å². The van der Waals surface area contributed by atoms with E-state index < -0.39 is 11.5 Å². The standard InChI is InChI=1S/C22H29N5O5/c1-13(2)12-26-19-15(10-14(3)20(29)25-6-8-32-9-7-25)11-23-27(19)22(31)17(21(26)30)18(28)24-16-4-5-16/h10-11,13,16H,4-9,12H2,1-3H3,(H2,24,28,30,31)/p+1/b14-10+. The van der Waals surface area contributed by atoms with Gasteiger partial charge < -0.3 is 20.1 Å². The van der Waals surface area contributed by atoms with Gasteiger partial charge in [-0.25, -0.2) is 9.89 Å². The van der Waals surface area contributed by atoms with E-state index >= 15 is 0 Å². The molecule has 0 spiro atoms. The molecule has 2 aromatic heterocycles. The van der Waals surface area contributed by atoms with Gasteiger partial charge in [-0.3, -0.25) is 9.59 Å². The topological polar surface area (TPSA) is 120 Å². The lowest BCUT2D eigenvalue weighted by Crippen LogP contribution is -2.46. The third-order valence-corrected chi connectivity index (χ3v) is 5.67. The molecule has 0 radical (unpaired) electrons. The van der Waals surface area contributed by atoms with Crippen LogP contribution in [0.3, 0.4) is 0 Å². The number of H-pyrrole nitrogens is 1. The number of rotatable bonds is 6. The number of hydrogen-bond donors (Lipinski definition) is 3. The summed E-state index contributed by atoms with van der Waals surface area (Å²) in [6.07, 6.45) is 5.04. The summed E-state index contributed by atoms with van der Waals surface area (Å²) < 4.78 is 8.12. The van der Waals surface area contributed by atoms with Crippen LogP contribution in [-0.4, -0.2) is 63.8 Å². The number of hydrogen-bond acceptors (Lipinski definition) is 5. The van der Waals surface area contributed by atoms with E-state index in [1.807, 2.05) is 13.8 Å². The molecule has 10 nitrogen and oxygen atoms in total. The molecule has 0 unspecified atom stereocenters. The van der Waals surface area contributed by atoms with Gasteiger partial charge >= 0.3 is 17.1 Å². The average molecular weight is 445 g/mol. The zero-order valence-electron chi connectivity index (χ0n) is 18.7. The van der Waals surface area contributed by atoms with Crippen molar-refractivity contribution in [2.75, 3.05) is 26.3 Å². The van der Waals surface area contributed by atoms with Crippen molar-refractivity contribution in [3.05, 3.63) is 33.3 Å². The molecule has 172 valence electrons. The Bertz CT molecular complexity index is 1140. The number of carbonyl (C=O) groups is 2. The zero-order valence-corrected chi connectivity index (χ0v) is 18.7. The molecule has 3 N–H and O–H groups in total. The number of aromatic nitrogens is 3. The van der Waals surface area contributed by atoms with E-state index in [9.17, 15) is 19.5 Å². The van der Waals surface area contributed by atoms with Crippen LogP contribution in [0.1, 0.15) is 49.5 Å². The SMILES string of the molecule is C/C(=C\c1c[nH]n2c(=O)c(C(=O)NC3CC3)c(O)[n+](CC(C)C)c12)C(=O)N1CCOCC1. The van der Waals surface area contributed by atoms with Crippen LogP contribution in [-0.2, 0) is 16.1 Å². The summed E-state index contributed by atoms with van der Waals surface area (Å²) in [7, 11) is 0. The number of aromatic hydroxyl groups is 1. The normalized spacial score (nSPS) is 17.2. The first kappa shape index (κ1) is 22.1. The molecule has 1 aliphatic carbocycles. The van der Waals surface area contributed by atoms with Crippen LogP contribution >= 0.6 is 0 Å². The summed E-state index contributed by atoms with van der Waals surface area (Å²) in [5.74, 6) is -0.912. The summed E-state index contributed by atoms with van der Waals surface area (Å²) in [5.41, 5.74) is 0.567. The molecule has 32 heavy (non-hydrogen) atoms. The van der Waals surface area contributed by atoms with Gasteiger partial charge in [0.15, 0.2) is 0 Å². The van der Waals surface area contributed by atoms with Crippen molar-refractivity contribution in [2.24, 2.45) is 5.92 Å². The number of amides is 2. The van der Waals surface area contributed by atoms with Crippen LogP contribution in [0.15, 0.2) is 16.6 Å². The molecule has 4 rings (SSSR count). The highest BCUT2D eigenvalue weighted by molar-refractivity contribution is 5.98. The quantitative estimate of drug-likeness (QED) is 0.441. The smallest absolute Gasteiger partial charge is 0.378 e. The molecular formula is C22H30N5O5+. The fraction of sp³-hybridized carbons (Fsp3) is 0.545. The lowest BCUT2D eigenvalue weighted by molar-refractivity contribution is -0.686. The zero-order chi connectivity index (χ0) is 23.0. The third-order valence-electron chi connectivity index (χ3n) is 5.67. The minimum Gasteiger partial charge on any atom is -0.477 e. The first-order valence-corrected chi connectivity index (χ1v) is 11.0. The highest BCUT2D eigenvalue weighted by Crippen LogP contribution is 2.21. The van der Waals surface area contributed by atoms with Crippen molar-refractivity contribution < 1.29 is 24.0 Å². The molecule has 0 atom stereocenters. The number of morpholine rings is 1. The predicted molar refractivity (Wildman–Crippen MR) is 116 cm³/mol. The largest absolute Gasteiger partial charge is 0.477 e. The monoisotopic (exact) mass is 444 g/mol. The van der Waals surface area contributed by atoms with Crippen molar-refractivity contribution in [3.63, 3.8) is 0 Å². The molecular weight excluding hydrogens is 414 g/mol. The Balaban J connectivity index is 1.80. The van der Waals surface area contributed by atoms with Crippen LogP contribution in [0.25, 0.3) is 11.7 Å². The number of nitrogens with one attached hydrogen (secondary N) is 2. The molecule has 0 aromatic carbocycles. The molecule has 2 aliphatic rings. The van der Waals surface area contributed by atoms with Gasteiger partial charge in [0, 0.05) is 24.7 Å². The Morgan fingerprint density at radius 3 is 2.66 bits per heavy atom. The van der Waals surface area contributed by atoms with Crippen molar-refractivity contribution in [3.8, 4) is 5.88 Å². The maximum Gasteiger partial charge on any atom is 0.378 e. The summed E-state index contributed by atoms with van der Waals surface area (Å²) in [6, 6.07) is 0.0523. The molecule has 10 heteroatoms. The summed E-state index contributed by atoms with van der Waals surface area (Å²) >= 11 is 0. The molecule has 2 aromatic rings. The fourth-order valence-electron chi connectivity index (χ4n) is 3.90. The van der Waals surface area contributed by atoms with Gasteiger partial charge in [0.1, 0.15) is 0 Å². The Kier molecular flexibility index (Phi) is 6.05. The Labute approximate surface area is 185 Å². The molecule has 1 aliphatic heterocycles. The Morgan fingerprint density at radius 2 is 2.03 bits per heavy atom. The van der Waals surface area contributed by atoms with Gasteiger partial charge in [0.25, 0.3) is 5.91 Å². The first-order valence-electron chi connectivity index (χ1n) is 11.0. The average Bonchev–Trinajstić information content (AvgIpc) is 3.48. The van der Waals surface area contributed by atoms with E-state index in [4.69, 9.17) is 4.74 Å². The first-order chi connectivity index (χ1) is 15.3. The number of ether oxygens (including phenoxy) is 1. The maximum atomic E-state index is 13.1. The number of nitrogens with zero attached hydrogens (tertiary/aromatic N) is 3. The number of aromatic amines is 1. The number of carbonyl (C=O) groups excluding carboxylic acids is 2. The second-order valence-corrected chi connectivity index (χ2v) is 8.88. The fourth-order valence-corrected chi connectivity index (χ4v) is 3.90. The molecule has 2 amide bonds. The van der Waals surface area contributed by atoms with E-state index in [0.717, 1.165) is 12.8 Å². The van der Waals surface area contributed by atoms with E-state index in [1.54, 1.807) is 28.7 Å². The second kappa shape index (κ2) is 8.78. The van der Waals surface area contributed by atoms with Crippen LogP contribution < -0.4 is 15.4 Å². The summed E-state index contributed by atoms with van der Waals surface area (Å²) in [6.45, 7) is 8.15. The van der Waals surface area contributed by atoms with Gasteiger partial charge in [0.2, 0.25) is 11.5 Å². The Morgan fingerprint density at radius 1 is 1.34 bits per heavy atom. The number of fused-ring (bicyclic) bond motifs is 1. The lowest BCUT2D eigenvalue weighted by Gasteiger charge is -2.27. The van der Waals surface area contributed by atoms with E-state index in [2.05, 4.69) is 10.4 Å². The third kappa shape index (κ3) is 4.27. The van der Waals surface area contributed by atoms with Crippen LogP contribution in [0.4, 0.5) is 0 Å². The molecule has 0 bridgehead atoms. The summed E-state index contributed by atoms with van der Waals surface area (Å²) in [4.78, 5) is 40.3. The highest BCUT2D eigenvalue weighted by Gasteiger charge is 2.34. The van der Waals surface area contributed by atoms with Crippen molar-refractivity contribution >= 4 is 23.5 Å². The molecule has 3 heterocycles. The molecule has 2 fully saturated rings. The van der Waals surface area contributed by atoms with Gasteiger partial charge in [-0.1, -0.05) is 18.4 Å². The molecule has 1 saturated carbocycles. The van der Waals surface area contributed by atoms with Crippen molar-refractivity contribution in [1.82, 2.24) is 19.8 Å². The van der Waals surface area contributed by atoms with Gasteiger partial charge in [-0.15, -0.1) is 0 Å². The van der Waals surface area contributed by atoms with Crippen LogP contribution in [0.5, 0.6) is 5.88 Å². The maximum absolute atomic E-state index is 13.1. The van der Waals surface area contributed by atoms with Gasteiger partial charge in [-0.05, 0) is 31.8 Å². The Hall–Kier alpha value is -3.14. The van der Waals surface area contributed by atoms with E-state index in [-0.39, 0.29) is 29.3 Å². The molecule has 1 saturated heterocycles.